The second-order valence-corrected chi connectivity index (χ2v) is 6.08. The molecule has 0 N–H and O–H groups in total. The molecule has 0 fully saturated rings. The van der Waals surface area contributed by atoms with Crippen molar-refractivity contribution in [3.05, 3.63) is 54.4 Å². The van der Waals surface area contributed by atoms with Crippen molar-refractivity contribution in [3.8, 4) is 11.5 Å². The van der Waals surface area contributed by atoms with Gasteiger partial charge in [0.05, 0.1) is 11.0 Å². The molecule has 2 unspecified atom stereocenters. The third-order valence-corrected chi connectivity index (χ3v) is 4.28. The van der Waals surface area contributed by atoms with Gasteiger partial charge in [0.15, 0.2) is 17.3 Å². The number of alkyl halides is 2. The first-order valence-electron chi connectivity index (χ1n) is 8.37. The fourth-order valence-electron chi connectivity index (χ4n) is 3.01. The van der Waals surface area contributed by atoms with E-state index in [1.807, 2.05) is 0 Å². The van der Waals surface area contributed by atoms with E-state index in [2.05, 4.69) is 4.98 Å². The van der Waals surface area contributed by atoms with Crippen LogP contribution < -0.4 is 9.47 Å². The van der Waals surface area contributed by atoms with Crippen LogP contribution in [0.15, 0.2) is 48.5 Å². The van der Waals surface area contributed by atoms with Crippen LogP contribution in [0.25, 0.3) is 11.0 Å². The van der Waals surface area contributed by atoms with E-state index in [1.165, 1.54) is 6.07 Å². The highest BCUT2D eigenvalue weighted by atomic mass is 19.3. The molecule has 2 aromatic carbocycles. The van der Waals surface area contributed by atoms with Crippen molar-refractivity contribution in [2.45, 2.75) is 32.3 Å². The second kappa shape index (κ2) is 6.86. The van der Waals surface area contributed by atoms with Gasteiger partial charge in [0.1, 0.15) is 12.7 Å². The molecule has 4 rings (SSSR count). The molecule has 0 amide bonds. The average Bonchev–Trinajstić information content (AvgIpc) is 3.04. The Hall–Kier alpha value is -3.16. The number of para-hydroxylation sites is 4. The fraction of sp³-hybridized carbons (Fsp3) is 0.263. The third-order valence-electron chi connectivity index (χ3n) is 4.28. The van der Waals surface area contributed by atoms with Crippen LogP contribution in [-0.4, -0.2) is 27.7 Å². The summed E-state index contributed by atoms with van der Waals surface area (Å²) in [5, 5.41) is 0. The number of fused-ring (bicyclic) bond motifs is 2. The van der Waals surface area contributed by atoms with Crippen LogP contribution in [0.3, 0.4) is 0 Å². The zero-order valence-corrected chi connectivity index (χ0v) is 14.3. The minimum Gasteiger partial charge on any atom is -0.482 e. The Morgan fingerprint density at radius 1 is 1.15 bits per heavy atom. The number of nitrogens with zero attached hydrogens (tertiary/aromatic N) is 2. The Labute approximate surface area is 153 Å². The van der Waals surface area contributed by atoms with Crippen LogP contribution in [0, 0.1) is 0 Å². The van der Waals surface area contributed by atoms with Gasteiger partial charge in [-0.25, -0.2) is 9.78 Å². The predicted octanol–water partition coefficient (Wildman–Crippen LogP) is 3.70. The number of halogens is 2. The topological polar surface area (TPSA) is 62.6 Å². The van der Waals surface area contributed by atoms with Gasteiger partial charge in [-0.1, -0.05) is 24.3 Å². The van der Waals surface area contributed by atoms with Gasteiger partial charge in [-0.2, -0.15) is 8.78 Å². The minimum atomic E-state index is -2.80. The lowest BCUT2D eigenvalue weighted by Crippen LogP contribution is -2.44. The summed E-state index contributed by atoms with van der Waals surface area (Å²) in [5.74, 6) is 0.222. The lowest BCUT2D eigenvalue weighted by molar-refractivity contribution is -0.159. The van der Waals surface area contributed by atoms with Crippen molar-refractivity contribution in [2.24, 2.45) is 0 Å². The van der Waals surface area contributed by atoms with Crippen molar-refractivity contribution in [1.82, 2.24) is 9.55 Å². The molecule has 1 aromatic heterocycles. The van der Waals surface area contributed by atoms with E-state index in [4.69, 9.17) is 14.2 Å². The summed E-state index contributed by atoms with van der Waals surface area (Å²) >= 11 is 0. The molecule has 140 valence electrons. The molecule has 0 saturated carbocycles. The van der Waals surface area contributed by atoms with Gasteiger partial charge in [0.25, 0.3) is 0 Å². The molecule has 0 spiro atoms. The Bertz CT molecular complexity index is 989. The second-order valence-electron chi connectivity index (χ2n) is 6.08. The number of carbonyl (C=O) groups excluding carboxylic acids is 1. The molecule has 1 aliphatic rings. The fourth-order valence-corrected chi connectivity index (χ4v) is 3.01. The lowest BCUT2D eigenvalue weighted by Gasteiger charge is -2.30. The molecular formula is C19H16F2N2O4. The number of hydrogen-bond acceptors (Lipinski definition) is 5. The van der Waals surface area contributed by atoms with Crippen molar-refractivity contribution in [2.75, 3.05) is 0 Å². The normalized spacial score (nSPS) is 18.7. The maximum atomic E-state index is 13.4. The van der Waals surface area contributed by atoms with Crippen molar-refractivity contribution < 1.29 is 27.8 Å². The van der Waals surface area contributed by atoms with Gasteiger partial charge in [-0.3, -0.25) is 4.57 Å². The summed E-state index contributed by atoms with van der Waals surface area (Å²) in [7, 11) is 0. The summed E-state index contributed by atoms with van der Waals surface area (Å²) in [4.78, 5) is 16.6. The Kier molecular flexibility index (Phi) is 4.39. The zero-order valence-electron chi connectivity index (χ0n) is 14.3. The molecule has 2 heterocycles. The quantitative estimate of drug-likeness (QED) is 0.652. The van der Waals surface area contributed by atoms with E-state index in [0.717, 1.165) is 4.57 Å². The highest BCUT2D eigenvalue weighted by Crippen LogP contribution is 2.34. The maximum absolute atomic E-state index is 13.4. The Balaban J connectivity index is 1.52. The average molecular weight is 374 g/mol. The summed E-state index contributed by atoms with van der Waals surface area (Å²) in [6.45, 7) is -1.52. The maximum Gasteiger partial charge on any atom is 0.351 e. The van der Waals surface area contributed by atoms with Crippen molar-refractivity contribution in [1.29, 1.82) is 0 Å². The van der Waals surface area contributed by atoms with Crippen molar-refractivity contribution >= 4 is 17.0 Å². The van der Waals surface area contributed by atoms with Gasteiger partial charge >= 0.3 is 12.5 Å². The Morgan fingerprint density at radius 2 is 1.81 bits per heavy atom. The molecule has 2 atom stereocenters. The number of esters is 1. The summed E-state index contributed by atoms with van der Waals surface area (Å²) in [5.41, 5.74) is 0.682. The third kappa shape index (κ3) is 3.18. The van der Waals surface area contributed by atoms with Gasteiger partial charge in [0, 0.05) is 0 Å². The molecule has 0 saturated heterocycles. The molecule has 1 aliphatic heterocycles. The molecule has 0 bridgehead atoms. The van der Waals surface area contributed by atoms with Gasteiger partial charge in [-0.05, 0) is 31.2 Å². The number of hydrogen-bond donors (Lipinski definition) is 0. The summed E-state index contributed by atoms with van der Waals surface area (Å²) in [6.07, 6.45) is -1.58. The molecule has 3 aromatic rings. The molecule has 0 radical (unpaired) electrons. The monoisotopic (exact) mass is 374 g/mol. The van der Waals surface area contributed by atoms with E-state index in [9.17, 15) is 13.6 Å². The van der Waals surface area contributed by atoms with Crippen molar-refractivity contribution in [3.63, 3.8) is 0 Å². The van der Waals surface area contributed by atoms with Gasteiger partial charge < -0.3 is 14.2 Å². The summed E-state index contributed by atoms with van der Waals surface area (Å²) in [6, 6.07) is 13.5. The summed E-state index contributed by atoms with van der Waals surface area (Å²) < 4.78 is 44.1. The van der Waals surface area contributed by atoms with Crippen LogP contribution >= 0.6 is 0 Å². The molecule has 8 heteroatoms. The van der Waals surface area contributed by atoms with Crippen LogP contribution in [0.2, 0.25) is 0 Å². The zero-order chi connectivity index (χ0) is 19.0. The molecular weight excluding hydrogens is 358 g/mol. The first kappa shape index (κ1) is 17.3. The van der Waals surface area contributed by atoms with E-state index in [1.54, 1.807) is 49.4 Å². The van der Waals surface area contributed by atoms with E-state index < -0.39 is 31.3 Å². The Morgan fingerprint density at radius 3 is 2.56 bits per heavy atom. The van der Waals surface area contributed by atoms with E-state index >= 15 is 0 Å². The number of benzene rings is 2. The highest BCUT2D eigenvalue weighted by Gasteiger charge is 2.35. The van der Waals surface area contributed by atoms with Gasteiger partial charge in [-0.15, -0.1) is 0 Å². The predicted molar refractivity (Wildman–Crippen MR) is 91.7 cm³/mol. The standard InChI is InChI=1S/C19H16F2N2O4/c1-11-17(27-15-9-5-4-8-14(15)26-11)18(24)25-10-16-22-12-6-2-3-7-13(12)23(16)19(20)21/h2-9,11,17,19H,10H2,1H3. The molecule has 27 heavy (non-hydrogen) atoms. The SMILES string of the molecule is CC1Oc2ccccc2OC1C(=O)OCc1nc2ccccc2n1C(F)F. The number of imidazole rings is 1. The van der Waals surface area contributed by atoms with Crippen LogP contribution in [0.5, 0.6) is 11.5 Å². The first-order chi connectivity index (χ1) is 13.0. The van der Waals surface area contributed by atoms with E-state index in [-0.39, 0.29) is 11.3 Å². The first-order valence-corrected chi connectivity index (χ1v) is 8.37. The molecule has 6 nitrogen and oxygen atoms in total. The lowest BCUT2D eigenvalue weighted by atomic mass is 10.2. The van der Waals surface area contributed by atoms with Gasteiger partial charge in [0.2, 0.25) is 6.10 Å². The van der Waals surface area contributed by atoms with Crippen LogP contribution in [0.1, 0.15) is 19.3 Å². The number of aromatic nitrogens is 2. The van der Waals surface area contributed by atoms with E-state index in [0.29, 0.717) is 17.0 Å². The molecule has 0 aliphatic carbocycles. The largest absolute Gasteiger partial charge is 0.482 e. The number of carbonyl (C=O) groups is 1. The van der Waals surface area contributed by atoms with Crippen LogP contribution in [0.4, 0.5) is 8.78 Å². The highest BCUT2D eigenvalue weighted by molar-refractivity contribution is 5.77. The van der Waals surface area contributed by atoms with Crippen LogP contribution in [-0.2, 0) is 16.1 Å². The smallest absolute Gasteiger partial charge is 0.351 e. The number of ether oxygens (including phenoxy) is 3. The number of rotatable bonds is 4. The minimum absolute atomic E-state index is 0.0377.